The topological polar surface area (TPSA) is 74.8 Å². The molecule has 1 unspecified atom stereocenters. The number of rotatable bonds is 10. The van der Waals surface area contributed by atoms with E-state index in [1.165, 1.54) is 0 Å². The Balaban J connectivity index is 1.77. The lowest BCUT2D eigenvalue weighted by Crippen LogP contribution is -2.39. The number of amides is 1. The summed E-state index contributed by atoms with van der Waals surface area (Å²) in [4.78, 5) is 16.4. The van der Waals surface area contributed by atoms with Gasteiger partial charge in [-0.2, -0.15) is 0 Å². The molecule has 1 atom stereocenters. The number of carbonyl (C=O) groups is 1. The summed E-state index contributed by atoms with van der Waals surface area (Å²) in [6, 6.07) is 7.97. The Hall–Kier alpha value is -2.08. The molecule has 6 nitrogen and oxygen atoms in total. The molecule has 6 heteroatoms. The summed E-state index contributed by atoms with van der Waals surface area (Å²) in [7, 11) is 1.77. The van der Waals surface area contributed by atoms with Crippen molar-refractivity contribution in [3.8, 4) is 0 Å². The van der Waals surface area contributed by atoms with Gasteiger partial charge in [0.05, 0.1) is 6.10 Å². The van der Waals surface area contributed by atoms with Crippen molar-refractivity contribution in [2.45, 2.75) is 59.1 Å². The van der Waals surface area contributed by atoms with Crippen LogP contribution in [0.2, 0.25) is 0 Å². The minimum atomic E-state index is 0.142. The number of nitrogens with zero attached hydrogens (tertiary/aromatic N) is 1. The highest BCUT2D eigenvalue weighted by atomic mass is 16.5. The van der Waals surface area contributed by atoms with Crippen LogP contribution in [0.4, 0.5) is 5.69 Å². The Kier molecular flexibility index (Phi) is 9.28. The molecule has 2 rings (SSSR count). The zero-order valence-corrected chi connectivity index (χ0v) is 17.8. The van der Waals surface area contributed by atoms with E-state index in [2.05, 4.69) is 34.8 Å². The van der Waals surface area contributed by atoms with Gasteiger partial charge < -0.3 is 20.7 Å². The minimum absolute atomic E-state index is 0.142. The van der Waals surface area contributed by atoms with Crippen LogP contribution in [0.25, 0.3) is 0 Å². The molecule has 1 aliphatic carbocycles. The Labute approximate surface area is 169 Å². The molecular formula is C22H36N4O2. The fraction of sp³-hybridized carbons (Fsp3) is 0.636. The third kappa shape index (κ3) is 7.15. The van der Waals surface area contributed by atoms with E-state index in [9.17, 15) is 4.79 Å². The molecule has 28 heavy (non-hydrogen) atoms. The van der Waals surface area contributed by atoms with Gasteiger partial charge in [-0.3, -0.25) is 9.79 Å². The molecule has 0 aromatic heterocycles. The van der Waals surface area contributed by atoms with Gasteiger partial charge >= 0.3 is 0 Å². The summed E-state index contributed by atoms with van der Waals surface area (Å²) < 4.78 is 5.79. The summed E-state index contributed by atoms with van der Waals surface area (Å²) in [5.41, 5.74) is 1.96. The number of carbonyl (C=O) groups excluding carboxylic acids is 1. The predicted octanol–water partition coefficient (Wildman–Crippen LogP) is 3.54. The van der Waals surface area contributed by atoms with Crippen molar-refractivity contribution in [3.05, 3.63) is 29.8 Å². The maximum Gasteiger partial charge on any atom is 0.227 e. The highest BCUT2D eigenvalue weighted by Gasteiger charge is 2.25. The second-order valence-electron chi connectivity index (χ2n) is 7.70. The number of hydrogen-bond donors (Lipinski definition) is 3. The molecule has 0 aliphatic heterocycles. The first-order valence-electron chi connectivity index (χ1n) is 10.5. The number of aliphatic imine (C=N–C) groups is 1. The molecule has 1 saturated carbocycles. The quantitative estimate of drug-likeness (QED) is 0.423. The molecule has 1 aliphatic rings. The number of guanidine groups is 1. The van der Waals surface area contributed by atoms with Gasteiger partial charge in [0.1, 0.15) is 0 Å². The first kappa shape index (κ1) is 22.2. The molecule has 1 aromatic rings. The first-order valence-corrected chi connectivity index (χ1v) is 10.5. The van der Waals surface area contributed by atoms with Crippen LogP contribution in [0, 0.1) is 11.8 Å². The van der Waals surface area contributed by atoms with Crippen molar-refractivity contribution < 1.29 is 9.53 Å². The Morgan fingerprint density at radius 1 is 1.29 bits per heavy atom. The number of ether oxygens (including phenoxy) is 1. The zero-order chi connectivity index (χ0) is 20.4. The van der Waals surface area contributed by atoms with E-state index in [-0.39, 0.29) is 17.9 Å². The van der Waals surface area contributed by atoms with Gasteiger partial charge in [-0.05, 0) is 49.8 Å². The van der Waals surface area contributed by atoms with E-state index >= 15 is 0 Å². The second-order valence-corrected chi connectivity index (χ2v) is 7.70. The zero-order valence-electron chi connectivity index (χ0n) is 17.8. The lowest BCUT2D eigenvalue weighted by atomic mass is 9.85. The van der Waals surface area contributed by atoms with Crippen LogP contribution in [0.1, 0.15) is 52.0 Å². The molecule has 0 radical (unpaired) electrons. The molecular weight excluding hydrogens is 352 g/mol. The molecule has 1 fully saturated rings. The summed E-state index contributed by atoms with van der Waals surface area (Å²) in [6.45, 7) is 8.59. The van der Waals surface area contributed by atoms with Crippen molar-refractivity contribution in [1.29, 1.82) is 0 Å². The highest BCUT2D eigenvalue weighted by Crippen LogP contribution is 2.27. The van der Waals surface area contributed by atoms with Crippen molar-refractivity contribution in [2.75, 3.05) is 25.5 Å². The Morgan fingerprint density at radius 2 is 2.07 bits per heavy atom. The first-order chi connectivity index (χ1) is 13.5. The molecule has 0 saturated heterocycles. The van der Waals surface area contributed by atoms with Crippen LogP contribution in [0.15, 0.2) is 29.3 Å². The van der Waals surface area contributed by atoms with Gasteiger partial charge in [-0.25, -0.2) is 0 Å². The standard InChI is InChI=1S/C22H36N4O2/c1-5-28-20(16(2)3)12-13-24-22(23-4)25-15-17-8-6-11-19(14-17)26-21(27)18-9-7-10-18/h6,8,11,14,16,18,20H,5,7,9-10,12-13,15H2,1-4H3,(H,26,27)(H2,23,24,25). The van der Waals surface area contributed by atoms with E-state index in [4.69, 9.17) is 4.74 Å². The maximum atomic E-state index is 12.1. The molecule has 1 aromatic carbocycles. The molecule has 1 amide bonds. The van der Waals surface area contributed by atoms with Crippen molar-refractivity contribution in [2.24, 2.45) is 16.8 Å². The molecule has 3 N–H and O–H groups in total. The van der Waals surface area contributed by atoms with Crippen LogP contribution < -0.4 is 16.0 Å². The van der Waals surface area contributed by atoms with Crippen LogP contribution in [-0.2, 0) is 16.1 Å². The van der Waals surface area contributed by atoms with Crippen molar-refractivity contribution in [1.82, 2.24) is 10.6 Å². The number of hydrogen-bond acceptors (Lipinski definition) is 3. The van der Waals surface area contributed by atoms with Gasteiger partial charge in [-0.15, -0.1) is 0 Å². The van der Waals surface area contributed by atoms with Crippen LogP contribution in [0.3, 0.4) is 0 Å². The van der Waals surface area contributed by atoms with Gasteiger partial charge in [-0.1, -0.05) is 32.4 Å². The van der Waals surface area contributed by atoms with Gasteiger partial charge in [0, 0.05) is 38.3 Å². The van der Waals surface area contributed by atoms with Crippen LogP contribution in [-0.4, -0.2) is 38.2 Å². The number of benzene rings is 1. The monoisotopic (exact) mass is 388 g/mol. The lowest BCUT2D eigenvalue weighted by molar-refractivity contribution is -0.122. The van der Waals surface area contributed by atoms with E-state index < -0.39 is 0 Å². The smallest absolute Gasteiger partial charge is 0.227 e. The second kappa shape index (κ2) is 11.7. The third-order valence-electron chi connectivity index (χ3n) is 5.20. The molecule has 0 heterocycles. The summed E-state index contributed by atoms with van der Waals surface area (Å²) in [5.74, 6) is 1.59. The van der Waals surface area contributed by atoms with Crippen LogP contribution in [0.5, 0.6) is 0 Å². The van der Waals surface area contributed by atoms with Crippen molar-refractivity contribution >= 4 is 17.6 Å². The van der Waals surface area contributed by atoms with Gasteiger partial charge in [0.2, 0.25) is 5.91 Å². The average Bonchev–Trinajstić information content (AvgIpc) is 2.62. The normalized spacial score (nSPS) is 15.8. The van der Waals surface area contributed by atoms with E-state index in [0.29, 0.717) is 12.5 Å². The number of anilines is 1. The largest absolute Gasteiger partial charge is 0.378 e. The molecule has 0 bridgehead atoms. The van der Waals surface area contributed by atoms with Crippen molar-refractivity contribution in [3.63, 3.8) is 0 Å². The minimum Gasteiger partial charge on any atom is -0.378 e. The highest BCUT2D eigenvalue weighted by molar-refractivity contribution is 5.93. The Morgan fingerprint density at radius 3 is 2.68 bits per heavy atom. The SMILES string of the molecule is CCOC(CCNC(=NC)NCc1cccc(NC(=O)C2CCC2)c1)C(C)C. The Bertz CT molecular complexity index is 641. The summed E-state index contributed by atoms with van der Waals surface area (Å²) in [5, 5.41) is 9.71. The number of nitrogens with one attached hydrogen (secondary N) is 3. The summed E-state index contributed by atoms with van der Waals surface area (Å²) in [6.07, 6.45) is 4.38. The molecule has 156 valence electrons. The lowest BCUT2D eigenvalue weighted by Gasteiger charge is -2.24. The fourth-order valence-corrected chi connectivity index (χ4v) is 3.24. The average molecular weight is 389 g/mol. The van der Waals surface area contributed by atoms with Gasteiger partial charge in [0.15, 0.2) is 5.96 Å². The maximum absolute atomic E-state index is 12.1. The van der Waals surface area contributed by atoms with Gasteiger partial charge in [0.25, 0.3) is 0 Å². The fourth-order valence-electron chi connectivity index (χ4n) is 3.24. The predicted molar refractivity (Wildman–Crippen MR) is 115 cm³/mol. The van der Waals surface area contributed by atoms with Crippen LogP contribution >= 0.6 is 0 Å². The third-order valence-corrected chi connectivity index (χ3v) is 5.20. The summed E-state index contributed by atoms with van der Waals surface area (Å²) >= 11 is 0. The van der Waals surface area contributed by atoms with E-state index in [0.717, 1.165) is 56.0 Å². The van der Waals surface area contributed by atoms with E-state index in [1.54, 1.807) is 7.05 Å². The molecule has 0 spiro atoms. The van der Waals surface area contributed by atoms with E-state index in [1.807, 2.05) is 31.2 Å².